The molecule has 1 aromatic rings. The molecule has 0 bridgehead atoms. The second-order valence-corrected chi connectivity index (χ2v) is 6.19. The van der Waals surface area contributed by atoms with Gasteiger partial charge in [0, 0.05) is 7.11 Å². The number of hydrogen-bond acceptors (Lipinski definition) is 3. The molecule has 0 aliphatic heterocycles. The van der Waals surface area contributed by atoms with Crippen LogP contribution >= 0.6 is 0 Å². The highest BCUT2D eigenvalue weighted by molar-refractivity contribution is 5.31. The maximum atomic E-state index is 5.84. The standard InChI is InChI=1S/C17H29NO2/c1-6-11-18-15(12-19-5)13-20-16-9-7-14(8-10-16)17(2,3)4/h7-10,15,18H,6,11-13H2,1-5H3. The molecular formula is C17H29NO2. The van der Waals surface area contributed by atoms with Gasteiger partial charge in [0.15, 0.2) is 0 Å². The molecule has 114 valence electrons. The van der Waals surface area contributed by atoms with E-state index in [0.717, 1.165) is 18.7 Å². The fraction of sp³-hybridized carbons (Fsp3) is 0.647. The minimum absolute atomic E-state index is 0.180. The first-order valence-electron chi connectivity index (χ1n) is 7.43. The lowest BCUT2D eigenvalue weighted by Gasteiger charge is -2.20. The van der Waals surface area contributed by atoms with E-state index in [1.807, 2.05) is 12.1 Å². The van der Waals surface area contributed by atoms with Crippen LogP contribution in [0.2, 0.25) is 0 Å². The van der Waals surface area contributed by atoms with Gasteiger partial charge < -0.3 is 14.8 Å². The molecule has 0 saturated carbocycles. The predicted octanol–water partition coefficient (Wildman–Crippen LogP) is 3.38. The summed E-state index contributed by atoms with van der Waals surface area (Å²) < 4.78 is 11.1. The van der Waals surface area contributed by atoms with Crippen LogP contribution in [0.1, 0.15) is 39.7 Å². The summed E-state index contributed by atoms with van der Waals surface area (Å²) in [5, 5.41) is 3.43. The van der Waals surface area contributed by atoms with Gasteiger partial charge in [-0.3, -0.25) is 0 Å². The molecule has 0 spiro atoms. The first kappa shape index (κ1) is 17.0. The lowest BCUT2D eigenvalue weighted by molar-refractivity contribution is 0.136. The van der Waals surface area contributed by atoms with Gasteiger partial charge in [-0.25, -0.2) is 0 Å². The van der Waals surface area contributed by atoms with E-state index in [-0.39, 0.29) is 11.5 Å². The number of benzene rings is 1. The normalized spacial score (nSPS) is 13.2. The zero-order valence-electron chi connectivity index (χ0n) is 13.5. The molecule has 3 nitrogen and oxygen atoms in total. The van der Waals surface area contributed by atoms with Crippen molar-refractivity contribution in [1.82, 2.24) is 5.32 Å². The van der Waals surface area contributed by atoms with E-state index in [2.05, 4.69) is 45.1 Å². The average molecular weight is 279 g/mol. The van der Waals surface area contributed by atoms with Gasteiger partial charge in [0.1, 0.15) is 12.4 Å². The van der Waals surface area contributed by atoms with E-state index in [1.54, 1.807) is 7.11 Å². The highest BCUT2D eigenvalue weighted by Crippen LogP contribution is 2.24. The van der Waals surface area contributed by atoms with Gasteiger partial charge in [-0.1, -0.05) is 39.8 Å². The second-order valence-electron chi connectivity index (χ2n) is 6.19. The third-order valence-corrected chi connectivity index (χ3v) is 3.22. The molecule has 3 heteroatoms. The number of hydrogen-bond donors (Lipinski definition) is 1. The van der Waals surface area contributed by atoms with Gasteiger partial charge in [0.2, 0.25) is 0 Å². The van der Waals surface area contributed by atoms with Crippen molar-refractivity contribution in [2.45, 2.75) is 45.6 Å². The van der Waals surface area contributed by atoms with Crippen LogP contribution in [0.5, 0.6) is 5.75 Å². The lowest BCUT2D eigenvalue weighted by Crippen LogP contribution is -2.38. The minimum atomic E-state index is 0.180. The molecule has 1 atom stereocenters. The van der Waals surface area contributed by atoms with Gasteiger partial charge in [0.25, 0.3) is 0 Å². The van der Waals surface area contributed by atoms with E-state index in [1.165, 1.54) is 5.56 Å². The van der Waals surface area contributed by atoms with Gasteiger partial charge in [-0.15, -0.1) is 0 Å². The van der Waals surface area contributed by atoms with Gasteiger partial charge in [-0.2, -0.15) is 0 Å². The molecule has 20 heavy (non-hydrogen) atoms. The number of methoxy groups -OCH3 is 1. The number of ether oxygens (including phenoxy) is 2. The van der Waals surface area contributed by atoms with E-state index in [4.69, 9.17) is 9.47 Å². The third kappa shape index (κ3) is 5.93. The Morgan fingerprint density at radius 3 is 2.25 bits per heavy atom. The summed E-state index contributed by atoms with van der Waals surface area (Å²) in [5.74, 6) is 0.914. The zero-order chi connectivity index (χ0) is 15.0. The Kier molecular flexibility index (Phi) is 7.03. The Morgan fingerprint density at radius 2 is 1.75 bits per heavy atom. The van der Waals surface area contributed by atoms with Crippen molar-refractivity contribution >= 4 is 0 Å². The van der Waals surface area contributed by atoms with Crippen molar-refractivity contribution in [2.75, 3.05) is 26.9 Å². The predicted molar refractivity (Wildman–Crippen MR) is 84.6 cm³/mol. The molecule has 1 unspecified atom stereocenters. The van der Waals surface area contributed by atoms with Crippen LogP contribution in [0, 0.1) is 0 Å². The first-order chi connectivity index (χ1) is 9.47. The second kappa shape index (κ2) is 8.28. The molecular weight excluding hydrogens is 250 g/mol. The molecule has 1 N–H and O–H groups in total. The monoisotopic (exact) mass is 279 g/mol. The highest BCUT2D eigenvalue weighted by atomic mass is 16.5. The van der Waals surface area contributed by atoms with Crippen LogP contribution in [-0.2, 0) is 10.2 Å². The summed E-state index contributed by atoms with van der Waals surface area (Å²) >= 11 is 0. The van der Waals surface area contributed by atoms with Crippen LogP contribution in [0.25, 0.3) is 0 Å². The Labute approximate surface area is 123 Å². The topological polar surface area (TPSA) is 30.5 Å². The minimum Gasteiger partial charge on any atom is -0.492 e. The molecule has 0 amide bonds. The van der Waals surface area contributed by atoms with Crippen molar-refractivity contribution in [3.05, 3.63) is 29.8 Å². The highest BCUT2D eigenvalue weighted by Gasteiger charge is 2.13. The summed E-state index contributed by atoms with van der Waals surface area (Å²) in [6.07, 6.45) is 1.11. The average Bonchev–Trinajstić information content (AvgIpc) is 2.41. The molecule has 0 aliphatic carbocycles. The summed E-state index contributed by atoms with van der Waals surface area (Å²) in [5.41, 5.74) is 1.50. The molecule has 0 aliphatic rings. The van der Waals surface area contributed by atoms with Crippen molar-refractivity contribution in [3.63, 3.8) is 0 Å². The third-order valence-electron chi connectivity index (χ3n) is 3.22. The van der Waals surface area contributed by atoms with Crippen molar-refractivity contribution in [2.24, 2.45) is 0 Å². The van der Waals surface area contributed by atoms with Gasteiger partial charge >= 0.3 is 0 Å². The molecule has 1 aromatic carbocycles. The van der Waals surface area contributed by atoms with Crippen molar-refractivity contribution < 1.29 is 9.47 Å². The van der Waals surface area contributed by atoms with Crippen LogP contribution in [0.15, 0.2) is 24.3 Å². The van der Waals surface area contributed by atoms with E-state index in [0.29, 0.717) is 13.2 Å². The molecule has 1 rings (SSSR count). The van der Waals surface area contributed by atoms with E-state index >= 15 is 0 Å². The number of nitrogens with one attached hydrogen (secondary N) is 1. The van der Waals surface area contributed by atoms with Gasteiger partial charge in [0.05, 0.1) is 12.6 Å². The van der Waals surface area contributed by atoms with Crippen molar-refractivity contribution in [3.8, 4) is 5.75 Å². The SMILES string of the molecule is CCCNC(COC)COc1ccc(C(C)(C)C)cc1. The smallest absolute Gasteiger partial charge is 0.119 e. The summed E-state index contributed by atoms with van der Waals surface area (Å²) in [6.45, 7) is 11.1. The molecule has 0 heterocycles. The fourth-order valence-electron chi connectivity index (χ4n) is 1.96. The largest absolute Gasteiger partial charge is 0.492 e. The summed E-state index contributed by atoms with van der Waals surface area (Å²) in [4.78, 5) is 0. The van der Waals surface area contributed by atoms with Crippen LogP contribution in [-0.4, -0.2) is 32.9 Å². The lowest BCUT2D eigenvalue weighted by atomic mass is 9.87. The maximum absolute atomic E-state index is 5.84. The Bertz CT molecular complexity index is 368. The Hall–Kier alpha value is -1.06. The number of rotatable bonds is 8. The van der Waals surface area contributed by atoms with Crippen molar-refractivity contribution in [1.29, 1.82) is 0 Å². The molecule has 0 radical (unpaired) electrons. The fourth-order valence-corrected chi connectivity index (χ4v) is 1.96. The van der Waals surface area contributed by atoms with E-state index in [9.17, 15) is 0 Å². The molecule has 0 fully saturated rings. The maximum Gasteiger partial charge on any atom is 0.119 e. The first-order valence-corrected chi connectivity index (χ1v) is 7.43. The quantitative estimate of drug-likeness (QED) is 0.791. The Balaban J connectivity index is 2.51. The Morgan fingerprint density at radius 1 is 1.10 bits per heavy atom. The van der Waals surface area contributed by atoms with Gasteiger partial charge in [-0.05, 0) is 36.1 Å². The zero-order valence-corrected chi connectivity index (χ0v) is 13.5. The summed E-state index contributed by atoms with van der Waals surface area (Å²) in [6, 6.07) is 8.61. The summed E-state index contributed by atoms with van der Waals surface area (Å²) in [7, 11) is 1.72. The van der Waals surface area contributed by atoms with Crippen LogP contribution in [0.3, 0.4) is 0 Å². The van der Waals surface area contributed by atoms with E-state index < -0.39 is 0 Å². The van der Waals surface area contributed by atoms with Crippen LogP contribution in [0.4, 0.5) is 0 Å². The van der Waals surface area contributed by atoms with Crippen LogP contribution < -0.4 is 10.1 Å². The molecule has 0 saturated heterocycles. The molecule has 0 aromatic heterocycles.